The number of aryl methyl sites for hydroxylation is 2. The number of piperidine rings is 2. The molecule has 2 fully saturated rings. The number of rotatable bonds is 13. The number of alkyl halides is 1. The molecule has 0 aromatic carbocycles. The standard InChI is InChI=1S/C27H42ClN3O3Si.C24H39N3OSi.CH4O/c1-16(2)35(17(3)4,18(5)6)31-13-11-22-24(20(8)14-29-26(22)31)25(32)23-15-30(12-10-19(23)7)27(33)34-21(9)28;1-15(2)29(16(3)4,17(5)6)27-12-10-20-22(19(8)13-26-24(20)27)23(28)21-14-25-11-9-18(21)7;1-2/h11,13-14,16-19,21,23H,10,12,15H2,1-9H3;10,12-13,15-18,21,25H,9,11,14H2,1-8H3;2H,1H3/t19-,21?,23+;18-,21+;/m00./s1. The number of carbonyl (C=O) groups excluding carboxylic acids is 3. The fraction of sp³-hybridized carbons (Fsp3) is 0.673. The minimum absolute atomic E-state index is 0.0544. The second-order valence-corrected chi connectivity index (χ2v) is 33.3. The molecule has 6 heterocycles. The summed E-state index contributed by atoms with van der Waals surface area (Å²) >= 11 is 5.86. The number of ether oxygens (including phenoxy) is 1. The van der Waals surface area contributed by atoms with Crippen LogP contribution in [0.5, 0.6) is 0 Å². The first-order valence-corrected chi connectivity index (χ1v) is 29.5. The molecule has 0 radical (unpaired) electrons. The SMILES string of the molecule is CO.Cc1cnc2c(ccn2[Si](C(C)C)(C(C)C)C(C)C)c1C(=O)[C@@H]1CN(C(=O)OC(C)Cl)CC[C@@H]1C.Cc1cnc2c(ccn2[Si](C(C)C)(C(C)C)C(C)C)c1C(=O)[C@@H]1CNCC[C@@H]1C. The Morgan fingerprint density at radius 3 is 1.45 bits per heavy atom. The minimum atomic E-state index is -2.02. The van der Waals surface area contributed by atoms with E-state index in [1.54, 1.807) is 11.8 Å². The van der Waals surface area contributed by atoms with E-state index in [9.17, 15) is 14.4 Å². The number of pyridine rings is 2. The van der Waals surface area contributed by atoms with Gasteiger partial charge in [0.25, 0.3) is 0 Å². The van der Waals surface area contributed by atoms with Crippen LogP contribution < -0.4 is 5.32 Å². The third-order valence-corrected chi connectivity index (χ3v) is 29.2. The highest BCUT2D eigenvalue weighted by molar-refractivity contribution is 6.83. The van der Waals surface area contributed by atoms with Crippen molar-refractivity contribution in [1.82, 2.24) is 28.6 Å². The number of amides is 1. The number of aliphatic hydroxyl groups is 1. The molecule has 2 saturated heterocycles. The lowest BCUT2D eigenvalue weighted by Crippen LogP contribution is -2.51. The molecule has 4 aromatic heterocycles. The molecular formula is C52H85ClN6O5Si2. The summed E-state index contributed by atoms with van der Waals surface area (Å²) in [6, 6.07) is 4.25. The van der Waals surface area contributed by atoms with Crippen molar-refractivity contribution >= 4 is 67.8 Å². The van der Waals surface area contributed by atoms with E-state index < -0.39 is 28.1 Å². The minimum Gasteiger partial charge on any atom is -0.430 e. The van der Waals surface area contributed by atoms with E-state index in [0.29, 0.717) is 58.0 Å². The lowest BCUT2D eigenvalue weighted by molar-refractivity contribution is 0.0579. The average Bonchev–Trinajstić information content (AvgIpc) is 3.86. The summed E-state index contributed by atoms with van der Waals surface area (Å²) in [5.74, 6) is 0.723. The van der Waals surface area contributed by atoms with Crippen LogP contribution in [0.25, 0.3) is 22.1 Å². The van der Waals surface area contributed by atoms with Crippen LogP contribution in [0, 0.1) is 37.5 Å². The molecule has 0 bridgehead atoms. The molecule has 0 aliphatic carbocycles. The highest BCUT2D eigenvalue weighted by atomic mass is 35.5. The monoisotopic (exact) mass is 965 g/mol. The van der Waals surface area contributed by atoms with Gasteiger partial charge >= 0.3 is 6.09 Å². The average molecular weight is 966 g/mol. The van der Waals surface area contributed by atoms with Gasteiger partial charge in [-0.2, -0.15) is 0 Å². The molecule has 14 heteroatoms. The van der Waals surface area contributed by atoms with Crippen molar-refractivity contribution in [3.8, 4) is 0 Å². The Hall–Kier alpha value is -3.37. The molecule has 4 aromatic rings. The number of hydrogen-bond acceptors (Lipinski definition) is 8. The number of hydrogen-bond donors (Lipinski definition) is 2. The van der Waals surface area contributed by atoms with Crippen molar-refractivity contribution in [1.29, 1.82) is 0 Å². The molecule has 66 heavy (non-hydrogen) atoms. The first-order chi connectivity index (χ1) is 31.0. The van der Waals surface area contributed by atoms with Gasteiger partial charge in [0.15, 0.2) is 33.6 Å². The Bertz CT molecular complexity index is 2240. The zero-order valence-corrected chi connectivity index (χ0v) is 46.5. The van der Waals surface area contributed by atoms with Gasteiger partial charge in [0.1, 0.15) is 11.3 Å². The molecular weight excluding hydrogens is 880 g/mol. The van der Waals surface area contributed by atoms with Gasteiger partial charge in [0, 0.05) is 72.9 Å². The summed E-state index contributed by atoms with van der Waals surface area (Å²) in [7, 11) is -2.94. The van der Waals surface area contributed by atoms with Crippen LogP contribution in [0.3, 0.4) is 0 Å². The number of Topliss-reactive ketones (excluding diaryl/α,β-unsaturated/α-hetero) is 2. The van der Waals surface area contributed by atoms with Gasteiger partial charge in [-0.15, -0.1) is 0 Å². The molecule has 0 saturated carbocycles. The number of nitrogens with zero attached hydrogens (tertiary/aromatic N) is 5. The molecule has 2 N–H and O–H groups in total. The summed E-state index contributed by atoms with van der Waals surface area (Å²) < 4.78 is 10.2. The Labute approximate surface area is 404 Å². The van der Waals surface area contributed by atoms with Crippen molar-refractivity contribution < 1.29 is 24.2 Å². The van der Waals surface area contributed by atoms with Crippen LogP contribution in [-0.4, -0.2) is 101 Å². The quantitative estimate of drug-likeness (QED) is 0.0769. The Morgan fingerprint density at radius 1 is 0.682 bits per heavy atom. The Balaban J connectivity index is 0.000000282. The third kappa shape index (κ3) is 10.3. The first kappa shape index (κ1) is 55.2. The van der Waals surface area contributed by atoms with Gasteiger partial charge in [0.2, 0.25) is 0 Å². The third-order valence-electron chi connectivity index (χ3n) is 15.7. The normalized spacial score (nSPS) is 20.0. The second-order valence-electron chi connectivity index (χ2n) is 21.2. The molecule has 368 valence electrons. The van der Waals surface area contributed by atoms with E-state index in [1.807, 2.05) is 26.2 Å². The van der Waals surface area contributed by atoms with E-state index in [0.717, 1.165) is 77.4 Å². The molecule has 11 nitrogen and oxygen atoms in total. The topological polar surface area (TPSA) is 132 Å². The maximum absolute atomic E-state index is 14.1. The fourth-order valence-electron chi connectivity index (χ4n) is 12.8. The number of carbonyl (C=O) groups is 3. The first-order valence-electron chi connectivity index (χ1n) is 24.7. The summed E-state index contributed by atoms with van der Waals surface area (Å²) in [4.78, 5) is 51.6. The molecule has 2 aliphatic rings. The fourth-order valence-corrected chi connectivity index (χ4v) is 26.0. The van der Waals surface area contributed by atoms with Crippen molar-refractivity contribution in [2.75, 3.05) is 33.3 Å². The second kappa shape index (κ2) is 22.8. The van der Waals surface area contributed by atoms with Gasteiger partial charge in [-0.05, 0) is 121 Å². The van der Waals surface area contributed by atoms with Crippen molar-refractivity contribution in [2.24, 2.45) is 23.7 Å². The molecule has 0 spiro atoms. The van der Waals surface area contributed by atoms with Crippen LogP contribution >= 0.6 is 11.6 Å². The van der Waals surface area contributed by atoms with Gasteiger partial charge in [-0.1, -0.05) is 109 Å². The summed E-state index contributed by atoms with van der Waals surface area (Å²) in [5, 5.41) is 12.4. The number of ketones is 2. The number of fused-ring (bicyclic) bond motifs is 2. The number of aliphatic hydroxyl groups excluding tert-OH is 1. The van der Waals surface area contributed by atoms with Gasteiger partial charge in [-0.25, -0.2) is 14.8 Å². The zero-order valence-electron chi connectivity index (χ0n) is 43.8. The highest BCUT2D eigenvalue weighted by Gasteiger charge is 2.48. The van der Waals surface area contributed by atoms with E-state index in [2.05, 4.69) is 135 Å². The van der Waals surface area contributed by atoms with Gasteiger partial charge in [-0.3, -0.25) is 9.59 Å². The summed E-state index contributed by atoms with van der Waals surface area (Å²) in [6.07, 6.45) is 9.55. The molecule has 5 atom stereocenters. The van der Waals surface area contributed by atoms with E-state index >= 15 is 0 Å². The molecule has 6 rings (SSSR count). The van der Waals surface area contributed by atoms with Gasteiger partial charge < -0.3 is 28.5 Å². The molecule has 1 amide bonds. The van der Waals surface area contributed by atoms with Crippen LogP contribution in [-0.2, 0) is 4.74 Å². The van der Waals surface area contributed by atoms with Crippen molar-refractivity contribution in [2.45, 2.75) is 169 Å². The van der Waals surface area contributed by atoms with Crippen LogP contribution in [0.15, 0.2) is 36.9 Å². The number of halogens is 1. The number of nitrogens with one attached hydrogen (secondary N) is 1. The van der Waals surface area contributed by atoms with E-state index in [-0.39, 0.29) is 23.5 Å². The Kier molecular flexibility index (Phi) is 19.1. The predicted octanol–water partition coefficient (Wildman–Crippen LogP) is 12.6. The maximum atomic E-state index is 14.1. The number of likely N-dealkylation sites (tertiary alicyclic amines) is 1. The lowest BCUT2D eigenvalue weighted by atomic mass is 9.80. The maximum Gasteiger partial charge on any atom is 0.411 e. The summed E-state index contributed by atoms with van der Waals surface area (Å²) in [5.41, 5.74) is 8.05. The zero-order chi connectivity index (χ0) is 49.7. The van der Waals surface area contributed by atoms with Crippen molar-refractivity contribution in [3.63, 3.8) is 0 Å². The molecule has 1 unspecified atom stereocenters. The smallest absolute Gasteiger partial charge is 0.411 e. The predicted molar refractivity (Wildman–Crippen MR) is 279 cm³/mol. The van der Waals surface area contributed by atoms with Crippen molar-refractivity contribution in [3.05, 3.63) is 59.2 Å². The number of aromatic nitrogens is 4. The van der Waals surface area contributed by atoms with E-state index in [4.69, 9.17) is 31.4 Å². The van der Waals surface area contributed by atoms with Crippen LogP contribution in [0.2, 0.25) is 33.2 Å². The van der Waals surface area contributed by atoms with Crippen LogP contribution in [0.1, 0.15) is 149 Å². The van der Waals surface area contributed by atoms with Crippen LogP contribution in [0.4, 0.5) is 4.79 Å². The summed E-state index contributed by atoms with van der Waals surface area (Å²) in [6.45, 7) is 40.8. The lowest BCUT2D eigenvalue weighted by Gasteiger charge is -2.44. The molecule has 2 aliphatic heterocycles. The largest absolute Gasteiger partial charge is 0.430 e. The van der Waals surface area contributed by atoms with E-state index in [1.165, 1.54) is 0 Å². The van der Waals surface area contributed by atoms with Gasteiger partial charge in [0.05, 0.1) is 0 Å². The highest BCUT2D eigenvalue weighted by Crippen LogP contribution is 2.46. The Morgan fingerprint density at radius 2 is 1.08 bits per heavy atom.